The number of benzene rings is 2. The number of methoxy groups -OCH3 is 3. The highest BCUT2D eigenvalue weighted by Gasteiger charge is 2.22. The summed E-state index contributed by atoms with van der Waals surface area (Å²) < 4.78 is 15.8. The number of hydrogen-bond donors (Lipinski definition) is 0. The first kappa shape index (κ1) is 16.1. The molecule has 4 heteroatoms. The van der Waals surface area contributed by atoms with Crippen molar-refractivity contribution in [1.29, 1.82) is 0 Å². The van der Waals surface area contributed by atoms with Gasteiger partial charge in [-0.25, -0.2) is 0 Å². The summed E-state index contributed by atoms with van der Waals surface area (Å²) in [6.07, 6.45) is 3.45. The van der Waals surface area contributed by atoms with Crippen molar-refractivity contribution in [2.75, 3.05) is 21.3 Å². The number of Topliss-reactive ketones (excluding diaryl/α,β-unsaturated/α-hetero) is 1. The molecule has 0 heterocycles. The Morgan fingerprint density at radius 2 is 1.50 bits per heavy atom. The van der Waals surface area contributed by atoms with Gasteiger partial charge in [0.1, 0.15) is 17.2 Å². The van der Waals surface area contributed by atoms with Gasteiger partial charge in [0.05, 0.1) is 21.3 Å². The van der Waals surface area contributed by atoms with Crippen LogP contribution in [0.4, 0.5) is 0 Å². The topological polar surface area (TPSA) is 44.8 Å². The van der Waals surface area contributed by atoms with Gasteiger partial charge in [0.15, 0.2) is 5.78 Å². The van der Waals surface area contributed by atoms with Crippen molar-refractivity contribution in [2.45, 2.75) is 12.8 Å². The minimum atomic E-state index is 0.0701. The molecule has 4 nitrogen and oxygen atoms in total. The van der Waals surface area contributed by atoms with Crippen LogP contribution in [0.1, 0.15) is 27.9 Å². The summed E-state index contributed by atoms with van der Waals surface area (Å²) in [7, 11) is 4.86. The Morgan fingerprint density at radius 1 is 0.833 bits per heavy atom. The van der Waals surface area contributed by atoms with Gasteiger partial charge in [-0.15, -0.1) is 0 Å². The summed E-state index contributed by atoms with van der Waals surface area (Å²) >= 11 is 0. The van der Waals surface area contributed by atoms with E-state index in [0.29, 0.717) is 17.9 Å². The summed E-state index contributed by atoms with van der Waals surface area (Å²) in [6, 6.07) is 11.2. The Bertz CT molecular complexity index is 783. The number of ether oxygens (including phenoxy) is 3. The number of aryl methyl sites for hydroxylation is 1. The number of hydrogen-bond acceptors (Lipinski definition) is 4. The maximum absolute atomic E-state index is 12.8. The molecular formula is C20H20O4. The summed E-state index contributed by atoms with van der Waals surface area (Å²) in [5.74, 6) is 2.26. The Hall–Kier alpha value is -2.75. The fourth-order valence-corrected chi connectivity index (χ4v) is 2.93. The molecule has 0 aromatic heterocycles. The average Bonchev–Trinajstić information content (AvgIpc) is 2.63. The summed E-state index contributed by atoms with van der Waals surface area (Å²) in [4.78, 5) is 12.8. The largest absolute Gasteiger partial charge is 0.497 e. The van der Waals surface area contributed by atoms with Crippen molar-refractivity contribution in [3.8, 4) is 17.2 Å². The van der Waals surface area contributed by atoms with Crippen LogP contribution in [0.2, 0.25) is 0 Å². The third kappa shape index (κ3) is 3.13. The van der Waals surface area contributed by atoms with E-state index in [2.05, 4.69) is 0 Å². The molecule has 24 heavy (non-hydrogen) atoms. The maximum Gasteiger partial charge on any atom is 0.189 e. The van der Waals surface area contributed by atoms with Crippen LogP contribution in [0, 0.1) is 0 Å². The molecule has 1 aliphatic rings. The Kier molecular flexibility index (Phi) is 4.56. The zero-order valence-electron chi connectivity index (χ0n) is 14.1. The van der Waals surface area contributed by atoms with Gasteiger partial charge in [0.25, 0.3) is 0 Å². The highest BCUT2D eigenvalue weighted by Crippen LogP contribution is 2.31. The number of carbonyl (C=O) groups excluding carboxylic acids is 1. The molecule has 124 valence electrons. The van der Waals surface area contributed by atoms with E-state index in [1.165, 1.54) is 0 Å². The molecule has 3 rings (SSSR count). The van der Waals surface area contributed by atoms with Gasteiger partial charge in [-0.05, 0) is 60.4 Å². The first-order chi connectivity index (χ1) is 11.6. The van der Waals surface area contributed by atoms with Crippen LogP contribution in [0.5, 0.6) is 17.2 Å². The number of fused-ring (bicyclic) bond motifs is 1. The van der Waals surface area contributed by atoms with Gasteiger partial charge >= 0.3 is 0 Å². The van der Waals surface area contributed by atoms with Gasteiger partial charge < -0.3 is 14.2 Å². The molecule has 0 unspecified atom stereocenters. The van der Waals surface area contributed by atoms with Crippen LogP contribution in [-0.2, 0) is 6.42 Å². The molecule has 0 bridgehead atoms. The smallest absolute Gasteiger partial charge is 0.189 e. The van der Waals surface area contributed by atoms with E-state index >= 15 is 0 Å². The number of ketones is 1. The fraction of sp³-hybridized carbons (Fsp3) is 0.250. The lowest BCUT2D eigenvalue weighted by atomic mass is 9.86. The molecule has 0 radical (unpaired) electrons. The van der Waals surface area contributed by atoms with Crippen molar-refractivity contribution in [2.24, 2.45) is 0 Å². The zero-order valence-corrected chi connectivity index (χ0v) is 14.1. The number of rotatable bonds is 4. The summed E-state index contributed by atoms with van der Waals surface area (Å²) in [6.45, 7) is 0. The van der Waals surface area contributed by atoms with Gasteiger partial charge in [0.2, 0.25) is 0 Å². The molecule has 0 aliphatic heterocycles. The summed E-state index contributed by atoms with van der Waals surface area (Å²) in [5, 5.41) is 0. The lowest BCUT2D eigenvalue weighted by Gasteiger charge is -2.18. The highest BCUT2D eigenvalue weighted by molar-refractivity contribution is 6.13. The van der Waals surface area contributed by atoms with Crippen molar-refractivity contribution >= 4 is 11.9 Å². The van der Waals surface area contributed by atoms with Crippen molar-refractivity contribution < 1.29 is 19.0 Å². The second-order valence-electron chi connectivity index (χ2n) is 5.67. The van der Waals surface area contributed by atoms with E-state index in [1.54, 1.807) is 21.3 Å². The van der Waals surface area contributed by atoms with E-state index in [9.17, 15) is 4.79 Å². The molecule has 0 N–H and O–H groups in total. The van der Waals surface area contributed by atoms with Gasteiger partial charge in [-0.2, -0.15) is 0 Å². The predicted molar refractivity (Wildman–Crippen MR) is 93.2 cm³/mol. The van der Waals surface area contributed by atoms with Crippen LogP contribution < -0.4 is 14.2 Å². The van der Waals surface area contributed by atoms with Crippen molar-refractivity contribution in [3.63, 3.8) is 0 Å². The Labute approximate surface area is 141 Å². The van der Waals surface area contributed by atoms with E-state index in [4.69, 9.17) is 14.2 Å². The zero-order chi connectivity index (χ0) is 17.1. The third-order valence-corrected chi connectivity index (χ3v) is 4.23. The SMILES string of the molecule is COc1cc(/C=C2/CCc3cc(OC)ccc3C2=O)cc(OC)c1. The van der Waals surface area contributed by atoms with Gasteiger partial charge in [-0.1, -0.05) is 0 Å². The van der Waals surface area contributed by atoms with Crippen LogP contribution in [0.25, 0.3) is 6.08 Å². The Balaban J connectivity index is 1.96. The van der Waals surface area contributed by atoms with Crippen LogP contribution >= 0.6 is 0 Å². The van der Waals surface area contributed by atoms with Gasteiger partial charge in [-0.3, -0.25) is 4.79 Å². The molecule has 0 saturated carbocycles. The first-order valence-corrected chi connectivity index (χ1v) is 7.80. The van der Waals surface area contributed by atoms with Crippen LogP contribution in [0.3, 0.4) is 0 Å². The highest BCUT2D eigenvalue weighted by atomic mass is 16.5. The van der Waals surface area contributed by atoms with E-state index in [-0.39, 0.29) is 5.78 Å². The van der Waals surface area contributed by atoms with Crippen molar-refractivity contribution in [1.82, 2.24) is 0 Å². The third-order valence-electron chi connectivity index (χ3n) is 4.23. The van der Waals surface area contributed by atoms with E-state index in [1.807, 2.05) is 42.5 Å². The first-order valence-electron chi connectivity index (χ1n) is 7.80. The molecule has 0 amide bonds. The minimum absolute atomic E-state index is 0.0701. The molecule has 0 fully saturated rings. The molecule has 1 aliphatic carbocycles. The fourth-order valence-electron chi connectivity index (χ4n) is 2.93. The van der Waals surface area contributed by atoms with Crippen LogP contribution in [-0.4, -0.2) is 27.1 Å². The maximum atomic E-state index is 12.8. The monoisotopic (exact) mass is 324 g/mol. The standard InChI is InChI=1S/C20H20O4/c1-22-16-6-7-19-14(11-16)4-5-15(20(19)21)8-13-9-17(23-2)12-18(10-13)24-3/h6-12H,4-5H2,1-3H3/b15-8-. The molecule has 0 saturated heterocycles. The average molecular weight is 324 g/mol. The lowest BCUT2D eigenvalue weighted by molar-refractivity contribution is 0.102. The predicted octanol–water partition coefficient (Wildman–Crippen LogP) is 3.92. The molecule has 2 aromatic carbocycles. The quantitative estimate of drug-likeness (QED) is 0.800. The minimum Gasteiger partial charge on any atom is -0.497 e. The molecule has 2 aromatic rings. The number of carbonyl (C=O) groups is 1. The molecule has 0 spiro atoms. The van der Waals surface area contributed by atoms with Crippen molar-refractivity contribution in [3.05, 3.63) is 58.7 Å². The van der Waals surface area contributed by atoms with Gasteiger partial charge in [0, 0.05) is 17.2 Å². The second kappa shape index (κ2) is 6.79. The second-order valence-corrected chi connectivity index (χ2v) is 5.67. The molecular weight excluding hydrogens is 304 g/mol. The van der Waals surface area contributed by atoms with Crippen LogP contribution in [0.15, 0.2) is 42.0 Å². The van der Waals surface area contributed by atoms with E-state index < -0.39 is 0 Å². The Morgan fingerprint density at radius 3 is 2.12 bits per heavy atom. The van der Waals surface area contributed by atoms with E-state index in [0.717, 1.165) is 34.4 Å². The molecule has 0 atom stereocenters. The summed E-state index contributed by atoms with van der Waals surface area (Å²) in [5.41, 5.74) is 3.48. The normalized spacial score (nSPS) is 15.1. The lowest BCUT2D eigenvalue weighted by Crippen LogP contribution is -2.14. The number of allylic oxidation sites excluding steroid dienone is 1.